The van der Waals surface area contributed by atoms with Gasteiger partial charge in [-0.2, -0.15) is 5.10 Å². The van der Waals surface area contributed by atoms with Crippen LogP contribution in [0.25, 0.3) is 28.6 Å². The largest absolute Gasteiger partial charge is 0.463 e. The fourth-order valence-corrected chi connectivity index (χ4v) is 2.94. The van der Waals surface area contributed by atoms with Gasteiger partial charge in [0.1, 0.15) is 5.82 Å². The van der Waals surface area contributed by atoms with Crippen LogP contribution >= 0.6 is 0 Å². The van der Waals surface area contributed by atoms with E-state index in [2.05, 4.69) is 20.5 Å². The summed E-state index contributed by atoms with van der Waals surface area (Å²) < 4.78 is 4.87. The summed E-state index contributed by atoms with van der Waals surface area (Å²) in [6.07, 6.45) is 6.42. The lowest BCUT2D eigenvalue weighted by Gasteiger charge is -1.99. The molecule has 0 saturated carbocycles. The summed E-state index contributed by atoms with van der Waals surface area (Å²) in [6.45, 7) is 2.08. The molecule has 0 unspecified atom stereocenters. The zero-order valence-electron chi connectivity index (χ0n) is 14.5. The number of amides is 1. The predicted octanol–water partition coefficient (Wildman–Crippen LogP) is 3.03. The number of carbonyl (C=O) groups excluding carboxylic acids is 2. The lowest BCUT2D eigenvalue weighted by molar-refractivity contribution is -0.137. The molecule has 7 heteroatoms. The molecule has 27 heavy (non-hydrogen) atoms. The Morgan fingerprint density at radius 1 is 1.30 bits per heavy atom. The minimum absolute atomic E-state index is 0.175. The molecule has 1 aliphatic heterocycles. The quantitative estimate of drug-likeness (QED) is 0.551. The van der Waals surface area contributed by atoms with E-state index in [0.29, 0.717) is 23.7 Å². The van der Waals surface area contributed by atoms with E-state index >= 15 is 0 Å². The molecule has 3 aromatic rings. The van der Waals surface area contributed by atoms with Crippen LogP contribution < -0.4 is 5.32 Å². The van der Waals surface area contributed by atoms with Gasteiger partial charge in [0.2, 0.25) is 0 Å². The Labute approximate surface area is 154 Å². The van der Waals surface area contributed by atoms with Gasteiger partial charge in [-0.25, -0.2) is 9.78 Å². The molecule has 1 amide bonds. The van der Waals surface area contributed by atoms with Gasteiger partial charge >= 0.3 is 5.97 Å². The maximum Gasteiger partial charge on any atom is 0.330 e. The minimum Gasteiger partial charge on any atom is -0.463 e. The summed E-state index contributed by atoms with van der Waals surface area (Å²) in [6, 6.07) is 9.35. The number of aromatic amines is 1. The number of esters is 1. The number of aromatic nitrogens is 3. The van der Waals surface area contributed by atoms with Crippen molar-refractivity contribution in [2.45, 2.75) is 6.92 Å². The number of fused-ring (bicyclic) bond motifs is 2. The van der Waals surface area contributed by atoms with Crippen LogP contribution in [-0.4, -0.2) is 33.7 Å². The maximum atomic E-state index is 12.2. The molecule has 0 aliphatic carbocycles. The summed E-state index contributed by atoms with van der Waals surface area (Å²) >= 11 is 0. The number of anilines is 1. The topological polar surface area (TPSA) is 97.0 Å². The molecule has 1 aromatic carbocycles. The highest BCUT2D eigenvalue weighted by molar-refractivity contribution is 6.34. The number of benzene rings is 1. The first-order chi connectivity index (χ1) is 13.2. The summed E-state index contributed by atoms with van der Waals surface area (Å²) in [5, 5.41) is 10.8. The van der Waals surface area contributed by atoms with Gasteiger partial charge in [-0.15, -0.1) is 0 Å². The molecular weight excluding hydrogens is 344 g/mol. The van der Waals surface area contributed by atoms with Crippen molar-refractivity contribution >= 4 is 46.3 Å². The van der Waals surface area contributed by atoms with E-state index in [-0.39, 0.29) is 5.91 Å². The lowest BCUT2D eigenvalue weighted by atomic mass is 10.0. The molecule has 3 heterocycles. The summed E-state index contributed by atoms with van der Waals surface area (Å²) in [7, 11) is 0. The van der Waals surface area contributed by atoms with E-state index in [9.17, 15) is 9.59 Å². The number of carbonyl (C=O) groups is 2. The lowest BCUT2D eigenvalue weighted by Crippen LogP contribution is -2.04. The molecular formula is C20H16N4O3. The van der Waals surface area contributed by atoms with Gasteiger partial charge in [0.25, 0.3) is 5.91 Å². The van der Waals surface area contributed by atoms with Crippen molar-refractivity contribution < 1.29 is 14.3 Å². The van der Waals surface area contributed by atoms with Crippen molar-refractivity contribution in [3.05, 3.63) is 59.4 Å². The predicted molar refractivity (Wildman–Crippen MR) is 102 cm³/mol. The molecule has 0 spiro atoms. The Bertz CT molecular complexity index is 1110. The van der Waals surface area contributed by atoms with E-state index in [4.69, 9.17) is 4.74 Å². The molecule has 0 radical (unpaired) electrons. The van der Waals surface area contributed by atoms with Crippen molar-refractivity contribution in [1.82, 2.24) is 15.2 Å². The molecule has 1 aliphatic rings. The fourth-order valence-electron chi connectivity index (χ4n) is 2.94. The van der Waals surface area contributed by atoms with Crippen LogP contribution in [0.1, 0.15) is 23.7 Å². The van der Waals surface area contributed by atoms with Crippen LogP contribution in [0.2, 0.25) is 0 Å². The first-order valence-electron chi connectivity index (χ1n) is 8.47. The summed E-state index contributed by atoms with van der Waals surface area (Å²) in [5.41, 5.74) is 3.65. The Balaban J connectivity index is 1.66. The van der Waals surface area contributed by atoms with Crippen molar-refractivity contribution in [2.24, 2.45) is 0 Å². The second kappa shape index (κ2) is 6.87. The third kappa shape index (κ3) is 3.22. The smallest absolute Gasteiger partial charge is 0.330 e. The SMILES string of the molecule is CCOC(=O)/C=C/c1n[nH]c2cc(C=C3C(=O)Nc4ncccc43)ccc12. The first-order valence-corrected chi connectivity index (χ1v) is 8.47. The Kier molecular flexibility index (Phi) is 4.25. The molecule has 4 rings (SSSR count). The molecule has 0 atom stereocenters. The Morgan fingerprint density at radius 2 is 2.19 bits per heavy atom. The average Bonchev–Trinajstić information content (AvgIpc) is 3.21. The first kappa shape index (κ1) is 16.7. The van der Waals surface area contributed by atoms with Crippen molar-refractivity contribution in [1.29, 1.82) is 0 Å². The van der Waals surface area contributed by atoms with Gasteiger partial charge < -0.3 is 10.1 Å². The number of ether oxygens (including phenoxy) is 1. The van der Waals surface area contributed by atoms with Gasteiger partial charge in [0, 0.05) is 23.2 Å². The molecule has 0 saturated heterocycles. The van der Waals surface area contributed by atoms with Crippen LogP contribution in [0.3, 0.4) is 0 Å². The van der Waals surface area contributed by atoms with Crippen molar-refractivity contribution in [3.63, 3.8) is 0 Å². The highest BCUT2D eigenvalue weighted by Crippen LogP contribution is 2.31. The number of hydrogen-bond donors (Lipinski definition) is 2. The Hall–Kier alpha value is -3.74. The number of H-pyrrole nitrogens is 1. The number of rotatable bonds is 4. The monoisotopic (exact) mass is 360 g/mol. The number of nitrogens with zero attached hydrogens (tertiary/aromatic N) is 2. The second-order valence-electron chi connectivity index (χ2n) is 5.91. The summed E-state index contributed by atoms with van der Waals surface area (Å²) in [5.74, 6) is -0.0104. The molecule has 134 valence electrons. The second-order valence-corrected chi connectivity index (χ2v) is 5.91. The van der Waals surface area contributed by atoms with Crippen molar-refractivity contribution in [2.75, 3.05) is 11.9 Å². The van der Waals surface area contributed by atoms with Crippen LogP contribution in [0.5, 0.6) is 0 Å². The van der Waals surface area contributed by atoms with Gasteiger partial charge in [-0.05, 0) is 48.9 Å². The normalized spacial score (nSPS) is 14.7. The van der Waals surface area contributed by atoms with E-state index < -0.39 is 5.97 Å². The van der Waals surface area contributed by atoms with E-state index in [0.717, 1.165) is 22.0 Å². The van der Waals surface area contributed by atoms with E-state index in [1.54, 1.807) is 25.3 Å². The highest BCUT2D eigenvalue weighted by atomic mass is 16.5. The maximum absolute atomic E-state index is 12.2. The van der Waals surface area contributed by atoms with Crippen LogP contribution in [0.4, 0.5) is 5.82 Å². The zero-order valence-corrected chi connectivity index (χ0v) is 14.5. The summed E-state index contributed by atoms with van der Waals surface area (Å²) in [4.78, 5) is 27.8. The van der Waals surface area contributed by atoms with E-state index in [1.807, 2.05) is 30.3 Å². The van der Waals surface area contributed by atoms with Gasteiger partial charge in [-0.1, -0.05) is 6.07 Å². The molecule has 2 aromatic heterocycles. The van der Waals surface area contributed by atoms with Crippen LogP contribution in [0.15, 0.2) is 42.6 Å². The van der Waals surface area contributed by atoms with Gasteiger partial charge in [0.15, 0.2) is 0 Å². The highest BCUT2D eigenvalue weighted by Gasteiger charge is 2.24. The fraction of sp³-hybridized carbons (Fsp3) is 0.100. The van der Waals surface area contributed by atoms with Crippen LogP contribution in [-0.2, 0) is 14.3 Å². The standard InChI is InChI=1S/C20H16N4O3/c1-2-27-18(25)8-7-16-14-6-5-12(11-17(14)24-23-16)10-15-13-4-3-9-21-19(13)22-20(15)26/h3-11H,2H2,1H3,(H,23,24)(H,21,22,26)/b8-7+,15-10?. The minimum atomic E-state index is -0.408. The molecule has 0 fully saturated rings. The van der Waals surface area contributed by atoms with Crippen LogP contribution in [0, 0.1) is 0 Å². The number of hydrogen-bond acceptors (Lipinski definition) is 5. The number of nitrogens with one attached hydrogen (secondary N) is 2. The zero-order chi connectivity index (χ0) is 18.8. The van der Waals surface area contributed by atoms with E-state index in [1.165, 1.54) is 6.08 Å². The van der Waals surface area contributed by atoms with Gasteiger partial charge in [0.05, 0.1) is 23.4 Å². The average molecular weight is 360 g/mol. The third-order valence-electron chi connectivity index (χ3n) is 4.17. The number of pyridine rings is 1. The van der Waals surface area contributed by atoms with Crippen molar-refractivity contribution in [3.8, 4) is 0 Å². The van der Waals surface area contributed by atoms with Gasteiger partial charge in [-0.3, -0.25) is 9.89 Å². The molecule has 2 N–H and O–H groups in total. The molecule has 0 bridgehead atoms. The Morgan fingerprint density at radius 3 is 3.04 bits per heavy atom. The third-order valence-corrected chi connectivity index (χ3v) is 4.17. The molecule has 7 nitrogen and oxygen atoms in total.